The van der Waals surface area contributed by atoms with Crippen LogP contribution in [0.2, 0.25) is 0 Å². The van der Waals surface area contributed by atoms with Crippen LogP contribution >= 0.6 is 0 Å². The highest BCUT2D eigenvalue weighted by Crippen LogP contribution is 2.26. The molecule has 0 N–H and O–H groups in total. The zero-order chi connectivity index (χ0) is 17.7. The lowest BCUT2D eigenvalue weighted by Gasteiger charge is -2.15. The molecule has 2 rings (SSSR count). The topological polar surface area (TPSA) is 28.0 Å². The van der Waals surface area contributed by atoms with E-state index in [4.69, 9.17) is 0 Å². The monoisotopic (exact) mass is 321 g/mol. The Morgan fingerprint density at radius 2 is 1.71 bits per heavy atom. The summed E-state index contributed by atoms with van der Waals surface area (Å²) in [7, 11) is 3.89. The Balaban J connectivity index is 2.47. The van der Waals surface area contributed by atoms with Crippen molar-refractivity contribution in [2.24, 2.45) is 9.98 Å². The van der Waals surface area contributed by atoms with Crippen LogP contribution in [-0.2, 0) is 0 Å². The van der Waals surface area contributed by atoms with Crippen LogP contribution in [-0.4, -0.2) is 37.6 Å². The van der Waals surface area contributed by atoms with Gasteiger partial charge in [0.25, 0.3) is 0 Å². The maximum Gasteiger partial charge on any atom is 0.0909 e. The van der Waals surface area contributed by atoms with E-state index in [9.17, 15) is 0 Å². The summed E-state index contributed by atoms with van der Waals surface area (Å²) in [6.45, 7) is 9.41. The summed E-state index contributed by atoms with van der Waals surface area (Å²) in [5.74, 6) is 0. The van der Waals surface area contributed by atoms with Gasteiger partial charge in [-0.2, -0.15) is 0 Å². The first kappa shape index (κ1) is 17.9. The number of aryl methyl sites for hydroxylation is 3. The minimum Gasteiger partial charge on any atom is -0.366 e. The Bertz CT molecular complexity index is 773. The SMILES string of the molecule is CCN(C)C=Nc1cc(C)c(C(=NC)c2ccccc2C)cc1C. The number of nitrogens with zero attached hydrogens (tertiary/aromatic N) is 3. The molecule has 0 aliphatic carbocycles. The van der Waals surface area contributed by atoms with E-state index in [1.54, 1.807) is 0 Å². The van der Waals surface area contributed by atoms with Gasteiger partial charge in [-0.3, -0.25) is 4.99 Å². The summed E-state index contributed by atoms with van der Waals surface area (Å²) in [6.07, 6.45) is 1.89. The Morgan fingerprint density at radius 3 is 2.33 bits per heavy atom. The molecule has 0 saturated carbocycles. The predicted molar refractivity (Wildman–Crippen MR) is 105 cm³/mol. The van der Waals surface area contributed by atoms with Crippen LogP contribution in [0.25, 0.3) is 0 Å². The Kier molecular flexibility index (Phi) is 5.91. The fourth-order valence-electron chi connectivity index (χ4n) is 2.66. The van der Waals surface area contributed by atoms with Crippen LogP contribution in [0.15, 0.2) is 46.4 Å². The van der Waals surface area contributed by atoms with E-state index in [1.165, 1.54) is 22.3 Å². The molecule has 0 bridgehead atoms. The highest BCUT2D eigenvalue weighted by atomic mass is 15.1. The Hall–Kier alpha value is -2.42. The maximum atomic E-state index is 4.61. The van der Waals surface area contributed by atoms with Crippen LogP contribution in [0.4, 0.5) is 5.69 Å². The molecule has 0 aliphatic heterocycles. The molecule has 3 heteroatoms. The van der Waals surface area contributed by atoms with Gasteiger partial charge in [-0.05, 0) is 56.5 Å². The van der Waals surface area contributed by atoms with E-state index < -0.39 is 0 Å². The van der Waals surface area contributed by atoms with Crippen molar-refractivity contribution in [2.45, 2.75) is 27.7 Å². The van der Waals surface area contributed by atoms with E-state index in [1.807, 2.05) is 20.4 Å². The maximum absolute atomic E-state index is 4.61. The van der Waals surface area contributed by atoms with E-state index in [0.29, 0.717) is 0 Å². The van der Waals surface area contributed by atoms with E-state index >= 15 is 0 Å². The highest BCUT2D eigenvalue weighted by molar-refractivity contribution is 6.14. The Morgan fingerprint density at radius 1 is 1.00 bits per heavy atom. The predicted octanol–water partition coefficient (Wildman–Crippen LogP) is 4.69. The second-order valence-corrected chi connectivity index (χ2v) is 6.16. The van der Waals surface area contributed by atoms with Crippen molar-refractivity contribution in [2.75, 3.05) is 20.6 Å². The van der Waals surface area contributed by atoms with E-state index in [-0.39, 0.29) is 0 Å². The van der Waals surface area contributed by atoms with Crippen LogP contribution in [0.5, 0.6) is 0 Å². The third kappa shape index (κ3) is 3.91. The smallest absolute Gasteiger partial charge is 0.0909 e. The van der Waals surface area contributed by atoms with E-state index in [2.05, 4.69) is 79.0 Å². The summed E-state index contributed by atoms with van der Waals surface area (Å²) in [5, 5.41) is 0. The molecule has 0 spiro atoms. The van der Waals surface area contributed by atoms with Crippen molar-refractivity contribution in [1.82, 2.24) is 4.90 Å². The van der Waals surface area contributed by atoms with Crippen LogP contribution in [0.1, 0.15) is 34.7 Å². The molecule has 0 fully saturated rings. The molecule has 2 aromatic carbocycles. The molecule has 0 heterocycles. The largest absolute Gasteiger partial charge is 0.366 e. The van der Waals surface area contributed by atoms with Crippen LogP contribution < -0.4 is 0 Å². The molecular weight excluding hydrogens is 294 g/mol. The van der Waals surface area contributed by atoms with Gasteiger partial charge in [0, 0.05) is 31.8 Å². The van der Waals surface area contributed by atoms with Gasteiger partial charge in [0.1, 0.15) is 0 Å². The number of hydrogen-bond donors (Lipinski definition) is 0. The van der Waals surface area contributed by atoms with Crippen molar-refractivity contribution >= 4 is 17.7 Å². The lowest BCUT2D eigenvalue weighted by atomic mass is 9.93. The average Bonchev–Trinajstić information content (AvgIpc) is 2.58. The third-order valence-electron chi connectivity index (χ3n) is 4.31. The van der Waals surface area contributed by atoms with Gasteiger partial charge in [-0.25, -0.2) is 4.99 Å². The standard InChI is InChI=1S/C21H27N3/c1-7-24(6)14-23-20-13-16(3)19(12-17(20)4)21(22-5)18-11-9-8-10-15(18)2/h8-14H,7H2,1-6H3. The van der Waals surface area contributed by atoms with Gasteiger partial charge in [0.05, 0.1) is 17.7 Å². The Labute approximate surface area is 145 Å². The molecule has 2 aromatic rings. The zero-order valence-electron chi connectivity index (χ0n) is 15.6. The normalized spacial score (nSPS) is 12.0. The van der Waals surface area contributed by atoms with Crippen LogP contribution in [0, 0.1) is 20.8 Å². The molecule has 0 radical (unpaired) electrons. The second-order valence-electron chi connectivity index (χ2n) is 6.16. The molecule has 0 aromatic heterocycles. The first-order valence-corrected chi connectivity index (χ1v) is 8.36. The van der Waals surface area contributed by atoms with E-state index in [0.717, 1.165) is 23.5 Å². The van der Waals surface area contributed by atoms with Gasteiger partial charge >= 0.3 is 0 Å². The van der Waals surface area contributed by atoms with Crippen molar-refractivity contribution < 1.29 is 0 Å². The number of aliphatic imine (C=N–C) groups is 2. The molecule has 0 unspecified atom stereocenters. The minimum absolute atomic E-state index is 0.944. The van der Waals surface area contributed by atoms with Crippen LogP contribution in [0.3, 0.4) is 0 Å². The quantitative estimate of drug-likeness (QED) is 0.580. The minimum atomic E-state index is 0.944. The molecule has 3 nitrogen and oxygen atoms in total. The lowest BCUT2D eigenvalue weighted by molar-refractivity contribution is 0.552. The summed E-state index contributed by atoms with van der Waals surface area (Å²) < 4.78 is 0. The molecule has 126 valence electrons. The molecule has 0 aliphatic rings. The molecule has 0 atom stereocenters. The molecule has 0 saturated heterocycles. The molecule has 0 amide bonds. The van der Waals surface area contributed by atoms with Crippen molar-refractivity contribution in [3.63, 3.8) is 0 Å². The number of benzene rings is 2. The second kappa shape index (κ2) is 7.91. The van der Waals surface area contributed by atoms with Crippen molar-refractivity contribution in [3.05, 3.63) is 64.2 Å². The van der Waals surface area contributed by atoms with Crippen molar-refractivity contribution in [1.29, 1.82) is 0 Å². The van der Waals surface area contributed by atoms with Gasteiger partial charge < -0.3 is 4.90 Å². The average molecular weight is 321 g/mol. The first-order valence-electron chi connectivity index (χ1n) is 8.36. The number of rotatable bonds is 5. The third-order valence-corrected chi connectivity index (χ3v) is 4.31. The summed E-state index contributed by atoms with van der Waals surface area (Å²) >= 11 is 0. The first-order chi connectivity index (χ1) is 11.5. The lowest BCUT2D eigenvalue weighted by Crippen LogP contribution is -2.14. The van der Waals surface area contributed by atoms with Gasteiger partial charge in [0.15, 0.2) is 0 Å². The summed E-state index contributed by atoms with van der Waals surface area (Å²) in [4.78, 5) is 11.3. The number of hydrogen-bond acceptors (Lipinski definition) is 2. The molecular formula is C21H27N3. The summed E-state index contributed by atoms with van der Waals surface area (Å²) in [5.41, 5.74) is 7.99. The fourth-order valence-corrected chi connectivity index (χ4v) is 2.66. The summed E-state index contributed by atoms with van der Waals surface area (Å²) in [6, 6.07) is 12.7. The zero-order valence-corrected chi connectivity index (χ0v) is 15.6. The van der Waals surface area contributed by atoms with Crippen molar-refractivity contribution in [3.8, 4) is 0 Å². The molecule has 24 heavy (non-hydrogen) atoms. The van der Waals surface area contributed by atoms with Gasteiger partial charge in [-0.1, -0.05) is 24.3 Å². The van der Waals surface area contributed by atoms with Gasteiger partial charge in [-0.15, -0.1) is 0 Å². The van der Waals surface area contributed by atoms with Gasteiger partial charge in [0.2, 0.25) is 0 Å². The fraction of sp³-hybridized carbons (Fsp3) is 0.333. The highest BCUT2D eigenvalue weighted by Gasteiger charge is 2.13.